The average Bonchev–Trinajstić information content (AvgIpc) is 3.10. The van der Waals surface area contributed by atoms with Gasteiger partial charge in [0.1, 0.15) is 5.00 Å². The molecule has 182 valence electrons. The van der Waals surface area contributed by atoms with Gasteiger partial charge < -0.3 is 15.4 Å². The minimum Gasteiger partial charge on any atom is -0.462 e. The van der Waals surface area contributed by atoms with Crippen LogP contribution in [-0.4, -0.2) is 29.6 Å². The molecule has 34 heavy (non-hydrogen) atoms. The number of fused-ring (bicyclic) bond motifs is 2. The van der Waals surface area contributed by atoms with Crippen LogP contribution in [-0.2, 0) is 33.3 Å². The fraction of sp³-hybridized carbons (Fsp3) is 0.435. The molecule has 1 aromatic heterocycles. The third-order valence-electron chi connectivity index (χ3n) is 5.74. The lowest BCUT2D eigenvalue weighted by Crippen LogP contribution is -2.32. The first-order valence-corrected chi connectivity index (χ1v) is 12.6. The maximum atomic E-state index is 13.0. The molecule has 6 nitrogen and oxygen atoms in total. The molecule has 2 amide bonds. The monoisotopic (exact) mass is 512 g/mol. The number of alkyl halides is 3. The third-order valence-corrected chi connectivity index (χ3v) is 8.19. The number of esters is 1. The predicted octanol–water partition coefficient (Wildman–Crippen LogP) is 5.51. The summed E-state index contributed by atoms with van der Waals surface area (Å²) in [5, 5.41) is 4.85. The Hall–Kier alpha value is -2.53. The molecule has 2 atom stereocenters. The highest BCUT2D eigenvalue weighted by Crippen LogP contribution is 2.42. The number of nitrogens with one attached hydrogen (secondary N) is 2. The highest BCUT2D eigenvalue weighted by molar-refractivity contribution is 8.01. The highest BCUT2D eigenvalue weighted by atomic mass is 32.2. The number of hydrogen-bond acceptors (Lipinski definition) is 6. The molecule has 2 heterocycles. The quantitative estimate of drug-likeness (QED) is 0.516. The zero-order valence-electron chi connectivity index (χ0n) is 18.5. The molecular weight excluding hydrogens is 489 g/mol. The van der Waals surface area contributed by atoms with Crippen LogP contribution in [0.1, 0.15) is 53.1 Å². The number of carbonyl (C=O) groups excluding carboxylic acids is 3. The van der Waals surface area contributed by atoms with Crippen molar-refractivity contribution in [3.05, 3.63) is 39.8 Å². The molecule has 11 heteroatoms. The molecule has 4 rings (SSSR count). The predicted molar refractivity (Wildman–Crippen MR) is 124 cm³/mol. The van der Waals surface area contributed by atoms with Crippen LogP contribution in [0.3, 0.4) is 0 Å². The molecule has 0 fully saturated rings. The van der Waals surface area contributed by atoms with Crippen LogP contribution in [0.4, 0.5) is 23.9 Å². The Balaban J connectivity index is 1.50. The number of anilines is 2. The Morgan fingerprint density at radius 1 is 1.29 bits per heavy atom. The second kappa shape index (κ2) is 9.61. The zero-order valence-corrected chi connectivity index (χ0v) is 20.1. The minimum absolute atomic E-state index is 0.0751. The summed E-state index contributed by atoms with van der Waals surface area (Å²) >= 11 is 2.40. The van der Waals surface area contributed by atoms with E-state index in [-0.39, 0.29) is 18.7 Å². The molecule has 2 aromatic rings. The van der Waals surface area contributed by atoms with E-state index in [1.54, 1.807) is 6.92 Å². The lowest BCUT2D eigenvalue weighted by molar-refractivity contribution is -0.137. The molecule has 2 N–H and O–H groups in total. The van der Waals surface area contributed by atoms with E-state index in [0.29, 0.717) is 21.4 Å². The van der Waals surface area contributed by atoms with Gasteiger partial charge >= 0.3 is 12.1 Å². The number of carbonyl (C=O) groups is 3. The topological polar surface area (TPSA) is 84.5 Å². The lowest BCUT2D eigenvalue weighted by Gasteiger charge is -2.24. The van der Waals surface area contributed by atoms with Gasteiger partial charge in [-0.05, 0) is 55.9 Å². The lowest BCUT2D eigenvalue weighted by atomic mass is 9.88. The number of benzene rings is 1. The van der Waals surface area contributed by atoms with Crippen LogP contribution in [0.2, 0.25) is 0 Å². The normalized spacial score (nSPS) is 19.6. The van der Waals surface area contributed by atoms with Crippen LogP contribution < -0.4 is 10.6 Å². The van der Waals surface area contributed by atoms with Crippen LogP contribution in [0.5, 0.6) is 0 Å². The molecule has 0 spiro atoms. The first-order valence-electron chi connectivity index (χ1n) is 10.9. The van der Waals surface area contributed by atoms with Crippen molar-refractivity contribution in [3.63, 3.8) is 0 Å². The van der Waals surface area contributed by atoms with E-state index >= 15 is 0 Å². The smallest absolute Gasteiger partial charge is 0.416 e. The summed E-state index contributed by atoms with van der Waals surface area (Å²) in [4.78, 5) is 39.5. The Bertz CT molecular complexity index is 1150. The van der Waals surface area contributed by atoms with Gasteiger partial charge in [-0.3, -0.25) is 9.59 Å². The second-order valence-electron chi connectivity index (χ2n) is 8.33. The van der Waals surface area contributed by atoms with Gasteiger partial charge in [-0.1, -0.05) is 6.92 Å². The van der Waals surface area contributed by atoms with Gasteiger partial charge in [-0.15, -0.1) is 23.1 Å². The van der Waals surface area contributed by atoms with Gasteiger partial charge in [-0.25, -0.2) is 4.79 Å². The van der Waals surface area contributed by atoms with Crippen LogP contribution in [0.25, 0.3) is 0 Å². The van der Waals surface area contributed by atoms with Crippen LogP contribution >= 0.6 is 23.1 Å². The molecule has 0 bridgehead atoms. The average molecular weight is 513 g/mol. The molecule has 2 aliphatic rings. The molecule has 0 saturated heterocycles. The maximum Gasteiger partial charge on any atom is 0.416 e. The number of thiophene rings is 1. The summed E-state index contributed by atoms with van der Waals surface area (Å²) < 4.78 is 44.1. The van der Waals surface area contributed by atoms with Crippen LogP contribution in [0.15, 0.2) is 23.1 Å². The van der Waals surface area contributed by atoms with Crippen molar-refractivity contribution in [3.8, 4) is 0 Å². The van der Waals surface area contributed by atoms with E-state index in [0.717, 1.165) is 53.6 Å². The van der Waals surface area contributed by atoms with Crippen molar-refractivity contribution >= 4 is 51.6 Å². The van der Waals surface area contributed by atoms with Gasteiger partial charge in [0.25, 0.3) is 0 Å². The first kappa shape index (κ1) is 24.6. The van der Waals surface area contributed by atoms with Gasteiger partial charge in [0, 0.05) is 16.2 Å². The Morgan fingerprint density at radius 2 is 2.06 bits per heavy atom. The van der Waals surface area contributed by atoms with Crippen molar-refractivity contribution < 1.29 is 32.3 Å². The molecule has 0 unspecified atom stereocenters. The number of amides is 2. The maximum absolute atomic E-state index is 13.0. The number of rotatable bonds is 5. The number of thioether (sulfide) groups is 1. The van der Waals surface area contributed by atoms with Crippen LogP contribution in [0, 0.1) is 5.92 Å². The second-order valence-corrected chi connectivity index (χ2v) is 10.7. The molecular formula is C23H23F3N2O4S2. The Morgan fingerprint density at radius 3 is 2.76 bits per heavy atom. The summed E-state index contributed by atoms with van der Waals surface area (Å²) in [5.74, 6) is -1.01. The van der Waals surface area contributed by atoms with Crippen molar-refractivity contribution in [1.29, 1.82) is 0 Å². The number of halogens is 3. The van der Waals surface area contributed by atoms with Crippen molar-refractivity contribution in [2.45, 2.75) is 55.9 Å². The highest BCUT2D eigenvalue weighted by Gasteiger charge is 2.35. The van der Waals surface area contributed by atoms with Crippen molar-refractivity contribution in [2.24, 2.45) is 5.92 Å². The number of hydrogen-bond donors (Lipinski definition) is 2. The largest absolute Gasteiger partial charge is 0.462 e. The molecule has 1 aliphatic carbocycles. The summed E-state index contributed by atoms with van der Waals surface area (Å²) in [7, 11) is 0. The standard InChI is InChI=1S/C23H23F3N2O4S2/c1-3-32-22(31)19-13-6-4-11(2)8-16(13)34-21(19)28-18(29)10-17-20(30)27-14-9-12(23(24,25)26)5-7-15(14)33-17/h5,7,9,11,17H,3-4,6,8,10H2,1-2H3,(H,27,30)(H,28,29)/t11-,17-/m1/s1. The fourth-order valence-corrected chi connectivity index (χ4v) is 6.57. The van der Waals surface area contributed by atoms with Crippen molar-refractivity contribution in [2.75, 3.05) is 17.2 Å². The zero-order chi connectivity index (χ0) is 24.6. The van der Waals surface area contributed by atoms with Gasteiger partial charge in [0.2, 0.25) is 11.8 Å². The van der Waals surface area contributed by atoms with Crippen molar-refractivity contribution in [1.82, 2.24) is 0 Å². The van der Waals surface area contributed by atoms with E-state index < -0.39 is 34.8 Å². The molecule has 0 saturated carbocycles. The van der Waals surface area contributed by atoms with Gasteiger partial charge in [-0.2, -0.15) is 13.2 Å². The molecule has 1 aromatic carbocycles. The Labute approximate surface area is 202 Å². The Kier molecular flexibility index (Phi) is 6.95. The summed E-state index contributed by atoms with van der Waals surface area (Å²) in [6, 6.07) is 3.13. The fourth-order valence-electron chi connectivity index (χ4n) is 4.07. The summed E-state index contributed by atoms with van der Waals surface area (Å²) in [5.41, 5.74) is 0.515. The van der Waals surface area contributed by atoms with Gasteiger partial charge in [0.15, 0.2) is 0 Å². The van der Waals surface area contributed by atoms with E-state index in [2.05, 4.69) is 17.6 Å². The van der Waals surface area contributed by atoms with E-state index in [1.807, 2.05) is 0 Å². The minimum atomic E-state index is -4.52. The molecule has 1 aliphatic heterocycles. The third kappa shape index (κ3) is 5.10. The van der Waals surface area contributed by atoms with E-state index in [9.17, 15) is 27.6 Å². The van der Waals surface area contributed by atoms with E-state index in [4.69, 9.17) is 4.74 Å². The van der Waals surface area contributed by atoms with E-state index in [1.165, 1.54) is 17.4 Å². The number of ether oxygens (including phenoxy) is 1. The SMILES string of the molecule is CCOC(=O)c1c(NC(=O)C[C@H]2Sc3ccc(C(F)(F)F)cc3NC2=O)sc2c1CC[C@@H](C)C2. The van der Waals surface area contributed by atoms with Gasteiger partial charge in [0.05, 0.1) is 28.7 Å². The summed E-state index contributed by atoms with van der Waals surface area (Å²) in [6.45, 7) is 4.06. The first-order chi connectivity index (χ1) is 16.1. The molecule has 0 radical (unpaired) electrons. The summed E-state index contributed by atoms with van der Waals surface area (Å²) in [6.07, 6.45) is -2.22.